The molecule has 1 heterocycles. The molecule has 1 aliphatic rings. The molecule has 1 saturated heterocycles. The van der Waals surface area contributed by atoms with Crippen LogP contribution in [0, 0.1) is 0 Å². The highest BCUT2D eigenvalue weighted by atomic mass is 79.9. The van der Waals surface area contributed by atoms with E-state index in [1.807, 2.05) is 19.1 Å². The van der Waals surface area contributed by atoms with Gasteiger partial charge in [-0.2, -0.15) is 11.8 Å². The molecule has 1 aromatic rings. The molecule has 0 N–H and O–H groups in total. The topological polar surface area (TPSA) is 40.6 Å². The third kappa shape index (κ3) is 3.55. The van der Waals surface area contributed by atoms with Crippen molar-refractivity contribution in [2.45, 2.75) is 13.3 Å². The lowest BCUT2D eigenvalue weighted by molar-refractivity contribution is -0.137. The first kappa shape index (κ1) is 15.4. The monoisotopic (exact) mass is 356 g/mol. The van der Waals surface area contributed by atoms with Gasteiger partial charge in [-0.1, -0.05) is 22.9 Å². The number of halogens is 1. The summed E-state index contributed by atoms with van der Waals surface area (Å²) >= 11 is 4.93. The summed E-state index contributed by atoms with van der Waals surface area (Å²) in [7, 11) is 0. The van der Waals surface area contributed by atoms with E-state index in [1.165, 1.54) is 0 Å². The first-order valence-electron chi connectivity index (χ1n) is 6.59. The third-order valence-electron chi connectivity index (χ3n) is 3.07. The summed E-state index contributed by atoms with van der Waals surface area (Å²) in [6.45, 7) is 3.26. The van der Waals surface area contributed by atoms with Crippen molar-refractivity contribution in [3.63, 3.8) is 0 Å². The SMILES string of the molecule is CCSCC(=O)N1CCCN1C(=O)c1ccc(Br)cc1. The number of amides is 2. The highest BCUT2D eigenvalue weighted by molar-refractivity contribution is 9.10. The molecule has 0 aliphatic carbocycles. The quantitative estimate of drug-likeness (QED) is 0.832. The number of thioether (sulfide) groups is 1. The van der Waals surface area contributed by atoms with Gasteiger partial charge in [-0.3, -0.25) is 14.6 Å². The molecule has 6 heteroatoms. The van der Waals surface area contributed by atoms with Crippen LogP contribution in [0.25, 0.3) is 0 Å². The zero-order valence-electron chi connectivity index (χ0n) is 11.3. The minimum Gasteiger partial charge on any atom is -0.272 e. The highest BCUT2D eigenvalue weighted by Gasteiger charge is 2.30. The maximum absolute atomic E-state index is 12.5. The number of carbonyl (C=O) groups is 2. The zero-order chi connectivity index (χ0) is 14.5. The summed E-state index contributed by atoms with van der Waals surface area (Å²) < 4.78 is 0.933. The van der Waals surface area contributed by atoms with E-state index in [0.717, 1.165) is 16.6 Å². The van der Waals surface area contributed by atoms with Gasteiger partial charge in [-0.05, 0) is 36.4 Å². The van der Waals surface area contributed by atoms with Crippen molar-refractivity contribution in [2.75, 3.05) is 24.6 Å². The molecule has 1 fully saturated rings. The molecule has 2 rings (SSSR count). The molecule has 108 valence electrons. The number of benzene rings is 1. The molecule has 4 nitrogen and oxygen atoms in total. The van der Waals surface area contributed by atoms with Crippen molar-refractivity contribution in [2.24, 2.45) is 0 Å². The van der Waals surface area contributed by atoms with E-state index < -0.39 is 0 Å². The summed E-state index contributed by atoms with van der Waals surface area (Å²) in [6.07, 6.45) is 0.838. The van der Waals surface area contributed by atoms with Crippen molar-refractivity contribution in [1.82, 2.24) is 10.0 Å². The fourth-order valence-corrected chi connectivity index (χ4v) is 2.88. The Kier molecular flexibility index (Phi) is 5.48. The Labute approximate surface area is 131 Å². The van der Waals surface area contributed by atoms with Crippen LogP contribution in [0.3, 0.4) is 0 Å². The molecule has 0 atom stereocenters. The maximum Gasteiger partial charge on any atom is 0.272 e. The molecule has 0 radical (unpaired) electrons. The minimum absolute atomic E-state index is 0.0137. The average Bonchev–Trinajstić information content (AvgIpc) is 2.94. The zero-order valence-corrected chi connectivity index (χ0v) is 13.7. The van der Waals surface area contributed by atoms with Crippen LogP contribution in [0.5, 0.6) is 0 Å². The maximum atomic E-state index is 12.5. The molecule has 2 amide bonds. The van der Waals surface area contributed by atoms with Crippen molar-refractivity contribution >= 4 is 39.5 Å². The van der Waals surface area contributed by atoms with E-state index in [9.17, 15) is 9.59 Å². The highest BCUT2D eigenvalue weighted by Crippen LogP contribution is 2.18. The number of hydrazine groups is 1. The predicted molar refractivity (Wildman–Crippen MR) is 84.5 cm³/mol. The molecule has 0 aromatic heterocycles. The largest absolute Gasteiger partial charge is 0.272 e. The van der Waals surface area contributed by atoms with Crippen LogP contribution in [-0.4, -0.2) is 46.4 Å². The van der Waals surface area contributed by atoms with Crippen molar-refractivity contribution in [3.8, 4) is 0 Å². The Morgan fingerprint density at radius 2 is 1.85 bits per heavy atom. The fourth-order valence-electron chi connectivity index (χ4n) is 2.09. The van der Waals surface area contributed by atoms with Gasteiger partial charge in [0.05, 0.1) is 5.75 Å². The number of hydrogen-bond acceptors (Lipinski definition) is 3. The summed E-state index contributed by atoms with van der Waals surface area (Å²) in [4.78, 5) is 24.6. The van der Waals surface area contributed by atoms with Gasteiger partial charge < -0.3 is 0 Å². The van der Waals surface area contributed by atoms with Gasteiger partial charge in [0.15, 0.2) is 0 Å². The van der Waals surface area contributed by atoms with E-state index in [0.29, 0.717) is 24.4 Å². The molecular formula is C14H17BrN2O2S. The molecule has 0 saturated carbocycles. The summed E-state index contributed by atoms with van der Waals surface area (Å²) in [5.74, 6) is 1.24. The van der Waals surface area contributed by atoms with Crippen LogP contribution in [0.4, 0.5) is 0 Å². The molecule has 20 heavy (non-hydrogen) atoms. The normalized spacial score (nSPS) is 14.7. The van der Waals surface area contributed by atoms with Crippen LogP contribution in [-0.2, 0) is 4.79 Å². The lowest BCUT2D eigenvalue weighted by atomic mass is 10.2. The summed E-state index contributed by atoms with van der Waals surface area (Å²) in [5.41, 5.74) is 0.607. The molecular weight excluding hydrogens is 340 g/mol. The van der Waals surface area contributed by atoms with Crippen molar-refractivity contribution < 1.29 is 9.59 Å². The Balaban J connectivity index is 2.08. The summed E-state index contributed by atoms with van der Waals surface area (Å²) in [6, 6.07) is 7.22. The first-order valence-corrected chi connectivity index (χ1v) is 8.53. The summed E-state index contributed by atoms with van der Waals surface area (Å²) in [5, 5.41) is 3.16. The Bertz CT molecular complexity index is 492. The number of nitrogens with zero attached hydrogens (tertiary/aromatic N) is 2. The third-order valence-corrected chi connectivity index (χ3v) is 4.46. The first-order chi connectivity index (χ1) is 9.63. The van der Waals surface area contributed by atoms with E-state index in [2.05, 4.69) is 15.9 Å². The average molecular weight is 357 g/mol. The lowest BCUT2D eigenvalue weighted by Gasteiger charge is -2.27. The number of hydrogen-bond donors (Lipinski definition) is 0. The molecule has 0 unspecified atom stereocenters. The van der Waals surface area contributed by atoms with Gasteiger partial charge in [-0.25, -0.2) is 5.01 Å². The second-order valence-corrected chi connectivity index (χ2v) is 6.63. The van der Waals surface area contributed by atoms with E-state index in [4.69, 9.17) is 0 Å². The van der Waals surface area contributed by atoms with Crippen LogP contribution >= 0.6 is 27.7 Å². The van der Waals surface area contributed by atoms with Crippen molar-refractivity contribution in [1.29, 1.82) is 0 Å². The molecule has 0 spiro atoms. The van der Waals surface area contributed by atoms with E-state index in [-0.39, 0.29) is 11.8 Å². The minimum atomic E-state index is -0.107. The van der Waals surface area contributed by atoms with Gasteiger partial charge in [0.1, 0.15) is 0 Å². The second-order valence-electron chi connectivity index (χ2n) is 4.44. The van der Waals surface area contributed by atoms with Gasteiger partial charge in [0.25, 0.3) is 11.8 Å². The second kappa shape index (κ2) is 7.13. The van der Waals surface area contributed by atoms with Crippen LogP contribution in [0.1, 0.15) is 23.7 Å². The smallest absolute Gasteiger partial charge is 0.272 e. The molecule has 0 bridgehead atoms. The Morgan fingerprint density at radius 3 is 2.50 bits per heavy atom. The number of rotatable bonds is 4. The van der Waals surface area contributed by atoms with Gasteiger partial charge >= 0.3 is 0 Å². The number of carbonyl (C=O) groups excluding carboxylic acids is 2. The van der Waals surface area contributed by atoms with Crippen LogP contribution in [0.2, 0.25) is 0 Å². The van der Waals surface area contributed by atoms with Crippen LogP contribution < -0.4 is 0 Å². The van der Waals surface area contributed by atoms with Gasteiger partial charge in [-0.15, -0.1) is 0 Å². The Morgan fingerprint density at radius 1 is 1.20 bits per heavy atom. The van der Waals surface area contributed by atoms with Gasteiger partial charge in [0.2, 0.25) is 0 Å². The van der Waals surface area contributed by atoms with E-state index >= 15 is 0 Å². The van der Waals surface area contributed by atoms with E-state index in [1.54, 1.807) is 33.9 Å². The van der Waals surface area contributed by atoms with Gasteiger partial charge in [0, 0.05) is 23.1 Å². The molecule has 1 aliphatic heterocycles. The predicted octanol–water partition coefficient (Wildman–Crippen LogP) is 2.79. The molecule has 1 aromatic carbocycles. The standard InChI is InChI=1S/C14H17BrN2O2S/c1-2-20-10-13(18)16-8-3-9-17(16)14(19)11-4-6-12(15)7-5-11/h4-7H,2-3,8-10H2,1H3. The Hall–Kier alpha value is -1.01. The van der Waals surface area contributed by atoms with Crippen LogP contribution in [0.15, 0.2) is 28.7 Å². The van der Waals surface area contributed by atoms with Crippen molar-refractivity contribution in [3.05, 3.63) is 34.3 Å². The fraction of sp³-hybridized carbons (Fsp3) is 0.429. The lowest BCUT2D eigenvalue weighted by Crippen LogP contribution is -2.45.